The number of piperidine rings is 2. The van der Waals surface area contributed by atoms with E-state index in [4.69, 9.17) is 4.98 Å². The first-order valence-electron chi connectivity index (χ1n) is 10.7. The average Bonchev–Trinajstić information content (AvgIpc) is 3.24. The zero-order chi connectivity index (χ0) is 19.6. The number of fused-ring (bicyclic) bond motifs is 1. The Hall–Kier alpha value is -2.89. The van der Waals surface area contributed by atoms with Gasteiger partial charge in [-0.05, 0) is 56.4 Å². The van der Waals surface area contributed by atoms with Crippen LogP contribution in [0.25, 0.3) is 11.0 Å². The summed E-state index contributed by atoms with van der Waals surface area (Å²) in [6.45, 7) is 3.50. The second-order valence-corrected chi connectivity index (χ2v) is 8.13. The highest BCUT2D eigenvalue weighted by molar-refractivity contribution is 5.99. The number of hydrogen-bond donors (Lipinski definition) is 1. The van der Waals surface area contributed by atoms with Gasteiger partial charge in [-0.1, -0.05) is 12.1 Å². The van der Waals surface area contributed by atoms with Gasteiger partial charge in [0.15, 0.2) is 0 Å². The fourth-order valence-corrected chi connectivity index (χ4v) is 4.61. The minimum absolute atomic E-state index is 0.113. The van der Waals surface area contributed by atoms with E-state index in [1.807, 2.05) is 35.2 Å². The van der Waals surface area contributed by atoms with E-state index in [1.54, 1.807) is 6.20 Å². The molecule has 1 amide bonds. The van der Waals surface area contributed by atoms with Crippen LogP contribution in [0, 0.1) is 0 Å². The Balaban J connectivity index is 1.29. The van der Waals surface area contributed by atoms with Crippen LogP contribution < -0.4 is 4.90 Å². The number of benzene rings is 1. The number of nitrogens with zero attached hydrogens (tertiary/aromatic N) is 4. The highest BCUT2D eigenvalue weighted by Gasteiger charge is 2.29. The lowest BCUT2D eigenvalue weighted by Gasteiger charge is -2.33. The van der Waals surface area contributed by atoms with Gasteiger partial charge in [0.1, 0.15) is 11.6 Å². The number of pyridine rings is 1. The van der Waals surface area contributed by atoms with Crippen LogP contribution in [0.4, 0.5) is 5.82 Å². The van der Waals surface area contributed by atoms with E-state index in [0.717, 1.165) is 67.3 Å². The Morgan fingerprint density at radius 3 is 2.55 bits per heavy atom. The molecule has 5 rings (SSSR count). The molecule has 0 bridgehead atoms. The van der Waals surface area contributed by atoms with Crippen LogP contribution >= 0.6 is 0 Å². The van der Waals surface area contributed by atoms with Crippen molar-refractivity contribution in [1.29, 1.82) is 0 Å². The topological polar surface area (TPSA) is 65.1 Å². The van der Waals surface area contributed by atoms with Crippen molar-refractivity contribution < 1.29 is 4.79 Å². The number of nitrogens with one attached hydrogen (secondary N) is 1. The maximum atomic E-state index is 13.3. The maximum Gasteiger partial charge on any atom is 0.257 e. The molecule has 6 heteroatoms. The number of amides is 1. The number of hydrogen-bond acceptors (Lipinski definition) is 4. The van der Waals surface area contributed by atoms with E-state index < -0.39 is 0 Å². The number of para-hydroxylation sites is 2. The van der Waals surface area contributed by atoms with Crippen molar-refractivity contribution in [3.63, 3.8) is 0 Å². The van der Waals surface area contributed by atoms with Gasteiger partial charge in [0.05, 0.1) is 16.6 Å². The molecule has 0 atom stereocenters. The smallest absolute Gasteiger partial charge is 0.257 e. The molecule has 0 unspecified atom stereocenters. The third-order valence-corrected chi connectivity index (χ3v) is 6.25. The molecule has 1 aromatic carbocycles. The molecule has 3 aromatic rings. The second-order valence-electron chi connectivity index (χ2n) is 8.13. The summed E-state index contributed by atoms with van der Waals surface area (Å²) in [4.78, 5) is 30.3. The van der Waals surface area contributed by atoms with Crippen molar-refractivity contribution in [2.75, 3.05) is 31.1 Å². The molecule has 0 aliphatic carbocycles. The van der Waals surface area contributed by atoms with Gasteiger partial charge < -0.3 is 14.8 Å². The largest absolute Gasteiger partial charge is 0.356 e. The summed E-state index contributed by atoms with van der Waals surface area (Å²) in [6.07, 6.45) is 7.28. The summed E-state index contributed by atoms with van der Waals surface area (Å²) in [6, 6.07) is 12.0. The SMILES string of the molecule is O=C(c1cccnc1N1CCCCC1)N1CCC(c2nc3ccccc3[nH]2)CC1. The standard InChI is InChI=1S/C23H27N5O/c29-23(18-7-6-12-24-22(18)27-13-4-1-5-14-27)28-15-10-17(11-16-28)21-25-19-8-2-3-9-20(19)26-21/h2-3,6-9,12,17H,1,4-5,10-11,13-16H2,(H,25,26). The number of rotatable bonds is 3. The molecule has 0 spiro atoms. The third-order valence-electron chi connectivity index (χ3n) is 6.25. The Labute approximate surface area is 171 Å². The van der Waals surface area contributed by atoms with Crippen LogP contribution in [0.1, 0.15) is 54.2 Å². The van der Waals surface area contributed by atoms with Gasteiger partial charge in [0.2, 0.25) is 0 Å². The monoisotopic (exact) mass is 389 g/mol. The summed E-state index contributed by atoms with van der Waals surface area (Å²) in [5, 5.41) is 0. The minimum Gasteiger partial charge on any atom is -0.356 e. The van der Waals surface area contributed by atoms with Crippen LogP contribution in [0.15, 0.2) is 42.6 Å². The Bertz CT molecular complexity index is 966. The fraction of sp³-hybridized carbons (Fsp3) is 0.435. The Morgan fingerprint density at radius 1 is 0.966 bits per heavy atom. The van der Waals surface area contributed by atoms with Crippen molar-refractivity contribution in [3.05, 3.63) is 54.0 Å². The van der Waals surface area contributed by atoms with E-state index >= 15 is 0 Å². The first kappa shape index (κ1) is 18.2. The van der Waals surface area contributed by atoms with Crippen molar-refractivity contribution in [3.8, 4) is 0 Å². The quantitative estimate of drug-likeness (QED) is 0.736. The number of aromatic nitrogens is 3. The number of anilines is 1. The van der Waals surface area contributed by atoms with Crippen molar-refractivity contribution in [1.82, 2.24) is 19.9 Å². The lowest BCUT2D eigenvalue weighted by molar-refractivity contribution is 0.0711. The molecule has 2 saturated heterocycles. The summed E-state index contributed by atoms with van der Waals surface area (Å²) in [7, 11) is 0. The lowest BCUT2D eigenvalue weighted by Crippen LogP contribution is -2.39. The molecule has 2 aliphatic heterocycles. The van der Waals surface area contributed by atoms with E-state index in [2.05, 4.69) is 20.9 Å². The van der Waals surface area contributed by atoms with Crippen LogP contribution in [0.3, 0.4) is 0 Å². The Morgan fingerprint density at radius 2 is 1.76 bits per heavy atom. The fourth-order valence-electron chi connectivity index (χ4n) is 4.61. The van der Waals surface area contributed by atoms with Crippen molar-refractivity contribution in [2.45, 2.75) is 38.0 Å². The van der Waals surface area contributed by atoms with E-state index in [0.29, 0.717) is 5.92 Å². The van der Waals surface area contributed by atoms with Gasteiger partial charge in [0, 0.05) is 38.3 Å². The molecule has 0 radical (unpaired) electrons. The molecule has 150 valence electrons. The van der Waals surface area contributed by atoms with Gasteiger partial charge in [0.25, 0.3) is 5.91 Å². The zero-order valence-corrected chi connectivity index (χ0v) is 16.7. The number of imidazole rings is 1. The normalized spacial score (nSPS) is 18.3. The first-order valence-corrected chi connectivity index (χ1v) is 10.7. The molecule has 0 saturated carbocycles. The summed E-state index contributed by atoms with van der Waals surface area (Å²) in [5.41, 5.74) is 2.85. The minimum atomic E-state index is 0.113. The van der Waals surface area contributed by atoms with Crippen LogP contribution in [0.2, 0.25) is 0 Å². The number of carbonyl (C=O) groups is 1. The zero-order valence-electron chi connectivity index (χ0n) is 16.7. The van der Waals surface area contributed by atoms with E-state index in [9.17, 15) is 4.79 Å². The van der Waals surface area contributed by atoms with Gasteiger partial charge in [-0.25, -0.2) is 9.97 Å². The van der Waals surface area contributed by atoms with Crippen LogP contribution in [-0.2, 0) is 0 Å². The molecule has 4 heterocycles. The molecule has 6 nitrogen and oxygen atoms in total. The molecular weight excluding hydrogens is 362 g/mol. The predicted molar refractivity (Wildman–Crippen MR) is 114 cm³/mol. The number of likely N-dealkylation sites (tertiary alicyclic amines) is 1. The summed E-state index contributed by atoms with van der Waals surface area (Å²) in [5.74, 6) is 2.40. The summed E-state index contributed by atoms with van der Waals surface area (Å²) >= 11 is 0. The van der Waals surface area contributed by atoms with Crippen LogP contribution in [-0.4, -0.2) is 51.9 Å². The number of aromatic amines is 1. The average molecular weight is 390 g/mol. The molecule has 2 aliphatic rings. The van der Waals surface area contributed by atoms with Crippen LogP contribution in [0.5, 0.6) is 0 Å². The molecule has 1 N–H and O–H groups in total. The molecular formula is C23H27N5O. The predicted octanol–water partition coefficient (Wildman–Crippen LogP) is 3.97. The maximum absolute atomic E-state index is 13.3. The molecule has 29 heavy (non-hydrogen) atoms. The van der Waals surface area contributed by atoms with E-state index in [-0.39, 0.29) is 5.91 Å². The first-order chi connectivity index (χ1) is 14.3. The summed E-state index contributed by atoms with van der Waals surface area (Å²) < 4.78 is 0. The van der Waals surface area contributed by atoms with Gasteiger partial charge in [-0.15, -0.1) is 0 Å². The van der Waals surface area contributed by atoms with Gasteiger partial charge in [-0.3, -0.25) is 4.79 Å². The number of H-pyrrole nitrogens is 1. The van der Waals surface area contributed by atoms with E-state index in [1.165, 1.54) is 19.3 Å². The lowest BCUT2D eigenvalue weighted by atomic mass is 9.95. The van der Waals surface area contributed by atoms with Crippen molar-refractivity contribution in [2.24, 2.45) is 0 Å². The highest BCUT2D eigenvalue weighted by atomic mass is 16.2. The molecule has 2 aromatic heterocycles. The second kappa shape index (κ2) is 7.85. The third kappa shape index (κ3) is 3.59. The van der Waals surface area contributed by atoms with Gasteiger partial charge >= 0.3 is 0 Å². The Kier molecular flexibility index (Phi) is 4.92. The number of carbonyl (C=O) groups excluding carboxylic acids is 1. The van der Waals surface area contributed by atoms with Gasteiger partial charge in [-0.2, -0.15) is 0 Å². The molecule has 2 fully saturated rings. The van der Waals surface area contributed by atoms with Crippen molar-refractivity contribution >= 4 is 22.8 Å². The highest BCUT2D eigenvalue weighted by Crippen LogP contribution is 2.30.